The Morgan fingerprint density at radius 2 is 1.94 bits per heavy atom. The molecule has 9 heteroatoms. The minimum atomic E-state index is -4.19. The number of carbonyl (C=O) groups is 1. The van der Waals surface area contributed by atoms with Crippen LogP contribution in [-0.4, -0.2) is 43.0 Å². The van der Waals surface area contributed by atoms with E-state index in [0.29, 0.717) is 24.3 Å². The molecule has 0 aromatic carbocycles. The normalized spacial score (nSPS) is 20.8. The van der Waals surface area contributed by atoms with E-state index < -0.39 is 15.9 Å². The van der Waals surface area contributed by atoms with Crippen molar-refractivity contribution in [3.05, 3.63) is 42.1 Å². The van der Waals surface area contributed by atoms with E-state index in [0.717, 1.165) is 25.8 Å². The number of anilines is 1. The highest BCUT2D eigenvalue weighted by Gasteiger charge is 2.39. The first-order chi connectivity index (χ1) is 16.2. The van der Waals surface area contributed by atoms with Gasteiger partial charge in [0.15, 0.2) is 5.03 Å². The number of pyridine rings is 2. The standard InChI is InChI=1S/C25H34N4O4S/c1-18-15-25(2,3)29(16-18)23-20(11-8-14-26-23)24(30)28-34(31,32)22-13-7-12-21(27-22)33-17-19-9-5-4-6-10-19/h7-8,11-14,18-19H,4-6,9-10,15-17H2,1-3H3,(H,28,30). The van der Waals surface area contributed by atoms with E-state index in [4.69, 9.17) is 4.74 Å². The molecule has 1 aliphatic heterocycles. The predicted octanol–water partition coefficient (Wildman–Crippen LogP) is 4.18. The second-order valence-electron chi connectivity index (χ2n) is 10.2. The molecule has 1 saturated heterocycles. The summed E-state index contributed by atoms with van der Waals surface area (Å²) in [6.45, 7) is 7.63. The van der Waals surface area contributed by atoms with Gasteiger partial charge in [0.1, 0.15) is 5.82 Å². The molecule has 0 spiro atoms. The van der Waals surface area contributed by atoms with E-state index in [1.165, 1.54) is 25.3 Å². The van der Waals surface area contributed by atoms with E-state index in [1.54, 1.807) is 30.5 Å². The number of aromatic nitrogens is 2. The Labute approximate surface area is 202 Å². The first-order valence-electron chi connectivity index (χ1n) is 12.1. The van der Waals surface area contributed by atoms with Crippen LogP contribution < -0.4 is 14.4 Å². The quantitative estimate of drug-likeness (QED) is 0.626. The Morgan fingerprint density at radius 1 is 1.18 bits per heavy atom. The Hall–Kier alpha value is -2.68. The molecule has 0 bridgehead atoms. The van der Waals surface area contributed by atoms with Crippen molar-refractivity contribution >= 4 is 21.7 Å². The van der Waals surface area contributed by atoms with Gasteiger partial charge in [0, 0.05) is 24.3 Å². The van der Waals surface area contributed by atoms with Gasteiger partial charge in [0.05, 0.1) is 12.2 Å². The highest BCUT2D eigenvalue weighted by Crippen LogP contribution is 2.37. The second-order valence-corrected chi connectivity index (χ2v) is 11.8. The van der Waals surface area contributed by atoms with Crippen LogP contribution in [0.2, 0.25) is 0 Å². The molecule has 1 saturated carbocycles. The maximum Gasteiger partial charge on any atom is 0.281 e. The zero-order valence-corrected chi connectivity index (χ0v) is 21.0. The average molecular weight is 487 g/mol. The molecule has 1 atom stereocenters. The summed E-state index contributed by atoms with van der Waals surface area (Å²) in [6.07, 6.45) is 8.48. The molecule has 4 rings (SSSR count). The van der Waals surface area contributed by atoms with Gasteiger partial charge in [-0.2, -0.15) is 13.4 Å². The van der Waals surface area contributed by atoms with Crippen LogP contribution >= 0.6 is 0 Å². The van der Waals surface area contributed by atoms with Crippen molar-refractivity contribution in [2.24, 2.45) is 11.8 Å². The summed E-state index contributed by atoms with van der Waals surface area (Å²) in [6, 6.07) is 7.81. The largest absolute Gasteiger partial charge is 0.477 e. The fourth-order valence-electron chi connectivity index (χ4n) is 5.16. The van der Waals surface area contributed by atoms with Crippen LogP contribution in [0.3, 0.4) is 0 Å². The SMILES string of the molecule is CC1CN(c2ncccc2C(=O)NS(=O)(=O)c2cccc(OCC3CCCCC3)n2)C(C)(C)C1. The number of nitrogens with one attached hydrogen (secondary N) is 1. The Kier molecular flexibility index (Phi) is 7.12. The molecule has 184 valence electrons. The first-order valence-corrected chi connectivity index (χ1v) is 13.5. The molecule has 1 aliphatic carbocycles. The molecule has 3 heterocycles. The van der Waals surface area contributed by atoms with Crippen molar-refractivity contribution in [2.45, 2.75) is 69.9 Å². The molecule has 0 radical (unpaired) electrons. The fraction of sp³-hybridized carbons (Fsp3) is 0.560. The van der Waals surface area contributed by atoms with E-state index in [2.05, 4.69) is 40.4 Å². The number of ether oxygens (including phenoxy) is 1. The van der Waals surface area contributed by atoms with Gasteiger partial charge in [-0.25, -0.2) is 9.71 Å². The highest BCUT2D eigenvalue weighted by molar-refractivity contribution is 7.90. The zero-order chi connectivity index (χ0) is 24.3. The summed E-state index contributed by atoms with van der Waals surface area (Å²) in [4.78, 5) is 23.8. The maximum absolute atomic E-state index is 13.1. The van der Waals surface area contributed by atoms with Gasteiger partial charge in [-0.1, -0.05) is 32.3 Å². The smallest absolute Gasteiger partial charge is 0.281 e. The fourth-order valence-corrected chi connectivity index (χ4v) is 6.09. The van der Waals surface area contributed by atoms with E-state index in [1.807, 2.05) is 0 Å². The summed E-state index contributed by atoms with van der Waals surface area (Å²) in [5, 5.41) is -0.248. The van der Waals surface area contributed by atoms with Gasteiger partial charge in [-0.15, -0.1) is 0 Å². The van der Waals surface area contributed by atoms with Crippen molar-refractivity contribution in [2.75, 3.05) is 18.1 Å². The van der Waals surface area contributed by atoms with Crippen molar-refractivity contribution in [3.63, 3.8) is 0 Å². The van der Waals surface area contributed by atoms with Gasteiger partial charge in [-0.05, 0) is 63.1 Å². The minimum absolute atomic E-state index is 0.187. The second kappa shape index (κ2) is 9.90. The maximum atomic E-state index is 13.1. The van der Waals surface area contributed by atoms with Crippen LogP contribution in [0.5, 0.6) is 5.88 Å². The Morgan fingerprint density at radius 3 is 2.65 bits per heavy atom. The van der Waals surface area contributed by atoms with Crippen molar-refractivity contribution in [1.82, 2.24) is 14.7 Å². The number of carbonyl (C=O) groups excluding carboxylic acids is 1. The lowest BCUT2D eigenvalue weighted by molar-refractivity contribution is 0.0981. The number of amides is 1. The number of sulfonamides is 1. The molecule has 1 N–H and O–H groups in total. The van der Waals surface area contributed by atoms with Crippen LogP contribution in [0.4, 0.5) is 5.82 Å². The third-order valence-corrected chi connectivity index (χ3v) is 7.98. The Balaban J connectivity index is 1.49. The number of hydrogen-bond donors (Lipinski definition) is 1. The lowest BCUT2D eigenvalue weighted by atomic mass is 9.90. The summed E-state index contributed by atoms with van der Waals surface area (Å²) < 4.78 is 34.0. The van der Waals surface area contributed by atoms with Gasteiger partial charge >= 0.3 is 0 Å². The summed E-state index contributed by atoms with van der Waals surface area (Å²) in [7, 11) is -4.19. The molecule has 2 aromatic heterocycles. The molecule has 2 aromatic rings. The summed E-state index contributed by atoms with van der Waals surface area (Å²) >= 11 is 0. The van der Waals surface area contributed by atoms with Crippen molar-refractivity contribution in [3.8, 4) is 5.88 Å². The summed E-state index contributed by atoms with van der Waals surface area (Å²) in [5.41, 5.74) is 0.0331. The molecule has 1 unspecified atom stereocenters. The lowest BCUT2D eigenvalue weighted by Gasteiger charge is -2.33. The topological polar surface area (TPSA) is 101 Å². The van der Waals surface area contributed by atoms with Gasteiger partial charge < -0.3 is 9.64 Å². The third kappa shape index (κ3) is 5.51. The van der Waals surface area contributed by atoms with Gasteiger partial charge in [0.25, 0.3) is 15.9 Å². The molecular weight excluding hydrogens is 452 g/mol. The van der Waals surface area contributed by atoms with Crippen LogP contribution in [0.15, 0.2) is 41.6 Å². The lowest BCUT2D eigenvalue weighted by Crippen LogP contribution is -2.41. The van der Waals surface area contributed by atoms with E-state index >= 15 is 0 Å². The van der Waals surface area contributed by atoms with Crippen molar-refractivity contribution < 1.29 is 17.9 Å². The molecule has 2 fully saturated rings. The predicted molar refractivity (Wildman–Crippen MR) is 130 cm³/mol. The summed E-state index contributed by atoms with van der Waals surface area (Å²) in [5.74, 6) is 0.917. The number of rotatable bonds is 7. The van der Waals surface area contributed by atoms with Crippen LogP contribution in [0.1, 0.15) is 69.7 Å². The van der Waals surface area contributed by atoms with Gasteiger partial charge in [-0.3, -0.25) is 4.79 Å². The molecule has 8 nitrogen and oxygen atoms in total. The number of nitrogens with zero attached hydrogens (tertiary/aromatic N) is 3. The highest BCUT2D eigenvalue weighted by atomic mass is 32.2. The van der Waals surface area contributed by atoms with E-state index in [9.17, 15) is 13.2 Å². The minimum Gasteiger partial charge on any atom is -0.477 e. The molecule has 2 aliphatic rings. The third-order valence-electron chi connectivity index (χ3n) is 6.75. The molecule has 34 heavy (non-hydrogen) atoms. The zero-order valence-electron chi connectivity index (χ0n) is 20.2. The average Bonchev–Trinajstić information content (AvgIpc) is 3.10. The molecular formula is C25H34N4O4S. The Bertz CT molecular complexity index is 1130. The molecule has 1 amide bonds. The van der Waals surface area contributed by atoms with Crippen LogP contribution in [-0.2, 0) is 10.0 Å². The van der Waals surface area contributed by atoms with Crippen molar-refractivity contribution in [1.29, 1.82) is 0 Å². The van der Waals surface area contributed by atoms with Crippen LogP contribution in [0.25, 0.3) is 0 Å². The van der Waals surface area contributed by atoms with Gasteiger partial charge in [0.2, 0.25) is 5.88 Å². The van der Waals surface area contributed by atoms with Crippen LogP contribution in [0, 0.1) is 11.8 Å². The number of hydrogen-bond acceptors (Lipinski definition) is 7. The van der Waals surface area contributed by atoms with E-state index in [-0.39, 0.29) is 22.0 Å². The monoisotopic (exact) mass is 486 g/mol. The first kappa shape index (κ1) is 24.4.